The standard InChI is InChI=1S/C31H50N4O5/c1-24(36)32-20-15-13-18-26-31(40)33-21-14-8-6-4-2-3-5-7-12-19-29(38)35-27(28(37)23-30(39)34-26)22-25-16-10-9-11-17-25/h9-11,16-17,26-28,37H,2-8,12-15,18-23H2,1H3,(H,32,36)(H,33,40)(H,34,39)(H,35,38)/t26-,27-,28-/m0/s1. The minimum atomic E-state index is -1.11. The van der Waals surface area contributed by atoms with E-state index in [0.29, 0.717) is 45.2 Å². The van der Waals surface area contributed by atoms with Crippen molar-refractivity contribution in [1.29, 1.82) is 0 Å². The second-order valence-corrected chi connectivity index (χ2v) is 11.0. The van der Waals surface area contributed by atoms with Crippen molar-refractivity contribution in [3.05, 3.63) is 35.9 Å². The first-order valence-electron chi connectivity index (χ1n) is 15.2. The molecule has 0 spiro atoms. The number of carbonyl (C=O) groups is 4. The van der Waals surface area contributed by atoms with Crippen LogP contribution < -0.4 is 21.3 Å². The molecular formula is C31H50N4O5. The van der Waals surface area contributed by atoms with Crippen LogP contribution in [0.1, 0.15) is 102 Å². The minimum absolute atomic E-state index is 0.102. The summed E-state index contributed by atoms with van der Waals surface area (Å²) in [6, 6.07) is 8.22. The van der Waals surface area contributed by atoms with E-state index in [1.54, 1.807) is 0 Å². The Morgan fingerprint density at radius 2 is 1.52 bits per heavy atom. The molecular weight excluding hydrogens is 508 g/mol. The maximum absolute atomic E-state index is 13.0. The predicted octanol–water partition coefficient (Wildman–Crippen LogP) is 3.29. The fourth-order valence-corrected chi connectivity index (χ4v) is 5.01. The molecule has 4 amide bonds. The molecule has 1 heterocycles. The Hall–Kier alpha value is -2.94. The highest BCUT2D eigenvalue weighted by Crippen LogP contribution is 2.13. The van der Waals surface area contributed by atoms with Crippen LogP contribution in [0.4, 0.5) is 0 Å². The molecule has 0 radical (unpaired) electrons. The van der Waals surface area contributed by atoms with Crippen molar-refractivity contribution in [1.82, 2.24) is 21.3 Å². The highest BCUT2D eigenvalue weighted by Gasteiger charge is 2.27. The van der Waals surface area contributed by atoms with Gasteiger partial charge in [0.15, 0.2) is 0 Å². The van der Waals surface area contributed by atoms with E-state index in [2.05, 4.69) is 21.3 Å². The molecule has 1 aliphatic heterocycles. The zero-order valence-electron chi connectivity index (χ0n) is 24.2. The molecule has 9 heteroatoms. The molecule has 1 aromatic rings. The molecule has 3 atom stereocenters. The van der Waals surface area contributed by atoms with Gasteiger partial charge in [-0.25, -0.2) is 0 Å². The fraction of sp³-hybridized carbons (Fsp3) is 0.677. The van der Waals surface area contributed by atoms with Gasteiger partial charge >= 0.3 is 0 Å². The topological polar surface area (TPSA) is 137 Å². The number of aliphatic hydroxyl groups is 1. The summed E-state index contributed by atoms with van der Waals surface area (Å²) >= 11 is 0. The number of hydrogen-bond acceptors (Lipinski definition) is 5. The second-order valence-electron chi connectivity index (χ2n) is 11.0. The molecule has 5 N–H and O–H groups in total. The van der Waals surface area contributed by atoms with Crippen molar-refractivity contribution in [3.8, 4) is 0 Å². The monoisotopic (exact) mass is 558 g/mol. The van der Waals surface area contributed by atoms with Crippen molar-refractivity contribution in [2.75, 3.05) is 13.1 Å². The highest BCUT2D eigenvalue weighted by molar-refractivity contribution is 5.87. The van der Waals surface area contributed by atoms with Crippen molar-refractivity contribution >= 4 is 23.6 Å². The van der Waals surface area contributed by atoms with Crippen LogP contribution >= 0.6 is 0 Å². The summed E-state index contributed by atoms with van der Waals surface area (Å²) in [5, 5.41) is 22.5. The average Bonchev–Trinajstić information content (AvgIpc) is 2.92. The smallest absolute Gasteiger partial charge is 0.242 e. The maximum atomic E-state index is 13.0. The van der Waals surface area contributed by atoms with Crippen LogP contribution in [0.15, 0.2) is 30.3 Å². The molecule has 1 fully saturated rings. The molecule has 1 saturated heterocycles. The van der Waals surface area contributed by atoms with Crippen LogP contribution in [0.5, 0.6) is 0 Å². The van der Waals surface area contributed by atoms with Crippen molar-refractivity contribution in [3.63, 3.8) is 0 Å². The van der Waals surface area contributed by atoms with Gasteiger partial charge in [0.05, 0.1) is 18.6 Å². The van der Waals surface area contributed by atoms with Gasteiger partial charge in [-0.05, 0) is 44.1 Å². The molecule has 1 aliphatic rings. The summed E-state index contributed by atoms with van der Waals surface area (Å²) in [6.45, 7) is 2.53. The Kier molecular flexibility index (Phi) is 16.6. The van der Waals surface area contributed by atoms with Crippen LogP contribution in [-0.2, 0) is 25.6 Å². The number of amides is 4. The Labute approximate surface area is 239 Å². The van der Waals surface area contributed by atoms with Crippen LogP contribution in [0.25, 0.3) is 0 Å². The number of carbonyl (C=O) groups excluding carboxylic acids is 4. The Morgan fingerprint density at radius 1 is 0.875 bits per heavy atom. The van der Waals surface area contributed by atoms with Crippen LogP contribution in [-0.4, -0.2) is 60.0 Å². The minimum Gasteiger partial charge on any atom is -0.390 e. The SMILES string of the molecule is CC(=O)NCCCC[C@@H]1NC(=O)C[C@H](O)[C@H](Cc2ccccc2)NC(=O)CCCCCCCCCCCNC1=O. The lowest BCUT2D eigenvalue weighted by molar-refractivity contribution is -0.130. The van der Waals surface area contributed by atoms with E-state index in [0.717, 1.165) is 50.5 Å². The molecule has 1 aromatic carbocycles. The number of benzene rings is 1. The van der Waals surface area contributed by atoms with Crippen molar-refractivity contribution in [2.24, 2.45) is 0 Å². The number of hydrogen-bond donors (Lipinski definition) is 5. The van der Waals surface area contributed by atoms with Crippen LogP contribution in [0, 0.1) is 0 Å². The highest BCUT2D eigenvalue weighted by atomic mass is 16.3. The first-order valence-corrected chi connectivity index (χ1v) is 15.2. The molecule has 2 rings (SSSR count). The number of aliphatic hydroxyl groups excluding tert-OH is 1. The lowest BCUT2D eigenvalue weighted by Crippen LogP contribution is -2.50. The molecule has 0 aromatic heterocycles. The van der Waals surface area contributed by atoms with Crippen LogP contribution in [0.2, 0.25) is 0 Å². The number of unbranched alkanes of at least 4 members (excludes halogenated alkanes) is 1. The third-order valence-electron chi connectivity index (χ3n) is 7.33. The van der Waals surface area contributed by atoms with Gasteiger partial charge in [-0.1, -0.05) is 75.3 Å². The van der Waals surface area contributed by atoms with Gasteiger partial charge in [-0.3, -0.25) is 19.2 Å². The summed E-state index contributed by atoms with van der Waals surface area (Å²) in [5.74, 6) is -0.895. The quantitative estimate of drug-likeness (QED) is 0.327. The van der Waals surface area contributed by atoms with E-state index in [1.165, 1.54) is 19.8 Å². The largest absolute Gasteiger partial charge is 0.390 e. The van der Waals surface area contributed by atoms with Crippen molar-refractivity contribution in [2.45, 2.75) is 121 Å². The summed E-state index contributed by atoms with van der Waals surface area (Å²) < 4.78 is 0. The predicted molar refractivity (Wildman–Crippen MR) is 156 cm³/mol. The zero-order valence-corrected chi connectivity index (χ0v) is 24.2. The van der Waals surface area contributed by atoms with E-state index in [-0.39, 0.29) is 24.1 Å². The van der Waals surface area contributed by atoms with Gasteiger partial charge in [0, 0.05) is 26.4 Å². The molecule has 40 heavy (non-hydrogen) atoms. The van der Waals surface area contributed by atoms with Gasteiger partial charge in [0.1, 0.15) is 6.04 Å². The molecule has 224 valence electrons. The Balaban J connectivity index is 2.07. The van der Waals surface area contributed by atoms with Gasteiger partial charge in [0.2, 0.25) is 23.6 Å². The zero-order chi connectivity index (χ0) is 29.0. The summed E-state index contributed by atoms with van der Waals surface area (Å²) in [4.78, 5) is 49.8. The third-order valence-corrected chi connectivity index (χ3v) is 7.33. The third kappa shape index (κ3) is 15.0. The molecule has 0 unspecified atom stereocenters. The maximum Gasteiger partial charge on any atom is 0.242 e. The van der Waals surface area contributed by atoms with E-state index in [9.17, 15) is 24.3 Å². The molecule has 0 bridgehead atoms. The Morgan fingerprint density at radius 3 is 2.20 bits per heavy atom. The lowest BCUT2D eigenvalue weighted by Gasteiger charge is -2.25. The van der Waals surface area contributed by atoms with Gasteiger partial charge in [-0.2, -0.15) is 0 Å². The van der Waals surface area contributed by atoms with E-state index in [1.807, 2.05) is 30.3 Å². The molecule has 0 aliphatic carbocycles. The Bertz CT molecular complexity index is 895. The van der Waals surface area contributed by atoms with E-state index in [4.69, 9.17) is 0 Å². The summed E-state index contributed by atoms with van der Waals surface area (Å²) in [7, 11) is 0. The average molecular weight is 559 g/mol. The summed E-state index contributed by atoms with van der Waals surface area (Å²) in [6.07, 6.45) is 10.7. The van der Waals surface area contributed by atoms with Crippen molar-refractivity contribution < 1.29 is 24.3 Å². The van der Waals surface area contributed by atoms with Crippen LogP contribution in [0.3, 0.4) is 0 Å². The fourth-order valence-electron chi connectivity index (χ4n) is 5.01. The lowest BCUT2D eigenvalue weighted by atomic mass is 9.98. The molecule has 9 nitrogen and oxygen atoms in total. The second kappa shape index (κ2) is 20.0. The van der Waals surface area contributed by atoms with Gasteiger partial charge < -0.3 is 26.4 Å². The first-order chi connectivity index (χ1) is 19.3. The van der Waals surface area contributed by atoms with E-state index < -0.39 is 24.1 Å². The first kappa shape index (κ1) is 33.3. The van der Waals surface area contributed by atoms with Gasteiger partial charge in [-0.15, -0.1) is 0 Å². The number of nitrogens with one attached hydrogen (secondary N) is 4. The van der Waals surface area contributed by atoms with Gasteiger partial charge in [0.25, 0.3) is 0 Å². The normalized spacial score (nSPS) is 23.1. The van der Waals surface area contributed by atoms with E-state index >= 15 is 0 Å². The number of rotatable bonds is 7. The molecule has 0 saturated carbocycles. The summed E-state index contributed by atoms with van der Waals surface area (Å²) in [5.41, 5.74) is 0.953.